The fourth-order valence-electron chi connectivity index (χ4n) is 1.77. The van der Waals surface area contributed by atoms with Crippen molar-refractivity contribution in [1.82, 2.24) is 0 Å². The van der Waals surface area contributed by atoms with Gasteiger partial charge in [0.2, 0.25) is 0 Å². The van der Waals surface area contributed by atoms with Crippen molar-refractivity contribution >= 4 is 12.4 Å². The minimum atomic E-state index is -0.266. The molecule has 0 aliphatic heterocycles. The van der Waals surface area contributed by atoms with E-state index in [0.717, 1.165) is 11.1 Å². The van der Waals surface area contributed by atoms with Crippen molar-refractivity contribution in [3.05, 3.63) is 29.8 Å². The molecule has 4 nitrogen and oxygen atoms in total. The third kappa shape index (κ3) is 3.82. The quantitative estimate of drug-likeness (QED) is 0.810. The van der Waals surface area contributed by atoms with Crippen molar-refractivity contribution in [2.75, 3.05) is 14.2 Å². The van der Waals surface area contributed by atoms with Gasteiger partial charge in [-0.05, 0) is 13.3 Å². The van der Waals surface area contributed by atoms with E-state index >= 15 is 0 Å². The van der Waals surface area contributed by atoms with E-state index in [1.165, 1.54) is 26.4 Å². The Bertz CT molecular complexity index is 396. The average Bonchev–Trinajstić information content (AvgIpc) is 2.26. The van der Waals surface area contributed by atoms with E-state index in [2.05, 4.69) is 6.58 Å². The second kappa shape index (κ2) is 7.13. The van der Waals surface area contributed by atoms with Crippen LogP contribution in [-0.2, 0) is 0 Å². The van der Waals surface area contributed by atoms with E-state index in [9.17, 15) is 5.11 Å². The Morgan fingerprint density at radius 2 is 1.78 bits per heavy atom. The van der Waals surface area contributed by atoms with Gasteiger partial charge in [-0.25, -0.2) is 0 Å². The molecule has 0 radical (unpaired) electrons. The summed E-state index contributed by atoms with van der Waals surface area (Å²) in [6.45, 7) is 5.75. The Kier molecular flexibility index (Phi) is 6.58. The van der Waals surface area contributed by atoms with Gasteiger partial charge in [-0.1, -0.05) is 5.57 Å². The zero-order valence-corrected chi connectivity index (χ0v) is 11.7. The molecule has 0 saturated heterocycles. The summed E-state index contributed by atoms with van der Waals surface area (Å²) in [4.78, 5) is 0. The summed E-state index contributed by atoms with van der Waals surface area (Å²) in [6, 6.07) is 2.78. The molecule has 0 unspecified atom stereocenters. The fourth-order valence-corrected chi connectivity index (χ4v) is 1.77. The highest BCUT2D eigenvalue weighted by atomic mass is 35.5. The molecule has 0 aliphatic rings. The van der Waals surface area contributed by atoms with Gasteiger partial charge < -0.3 is 20.3 Å². The van der Waals surface area contributed by atoms with Crippen LogP contribution < -0.4 is 15.2 Å². The van der Waals surface area contributed by atoms with Crippen LogP contribution in [0.5, 0.6) is 17.2 Å². The predicted octanol–water partition coefficient (Wildman–Crippen LogP) is 2.80. The summed E-state index contributed by atoms with van der Waals surface area (Å²) in [7, 11) is 3.07. The maximum absolute atomic E-state index is 9.53. The Hall–Kier alpha value is -1.39. The van der Waals surface area contributed by atoms with Gasteiger partial charge in [-0.2, -0.15) is 0 Å². The van der Waals surface area contributed by atoms with Crippen LogP contribution in [0.25, 0.3) is 0 Å². The van der Waals surface area contributed by atoms with Gasteiger partial charge in [-0.3, -0.25) is 0 Å². The number of nitrogens with two attached hydrogens (primary N) is 1. The van der Waals surface area contributed by atoms with E-state index in [1.54, 1.807) is 0 Å². The maximum Gasteiger partial charge on any atom is 0.131 e. The maximum atomic E-state index is 9.53. The summed E-state index contributed by atoms with van der Waals surface area (Å²) < 4.78 is 10.4. The lowest BCUT2D eigenvalue weighted by Gasteiger charge is -2.19. The molecule has 1 aromatic rings. The number of benzene rings is 1. The minimum Gasteiger partial charge on any atom is -0.508 e. The molecule has 0 aliphatic carbocycles. The molecule has 1 rings (SSSR count). The zero-order chi connectivity index (χ0) is 13.0. The third-order valence-electron chi connectivity index (χ3n) is 2.47. The molecular formula is C13H20ClNO3. The molecule has 0 amide bonds. The second-order valence-corrected chi connectivity index (χ2v) is 4.03. The summed E-state index contributed by atoms with van der Waals surface area (Å²) in [6.07, 6.45) is 0.636. The van der Waals surface area contributed by atoms with E-state index in [-0.39, 0.29) is 24.2 Å². The van der Waals surface area contributed by atoms with Gasteiger partial charge >= 0.3 is 0 Å². The first-order valence-corrected chi connectivity index (χ1v) is 5.34. The van der Waals surface area contributed by atoms with Crippen molar-refractivity contribution < 1.29 is 14.6 Å². The van der Waals surface area contributed by atoms with Gasteiger partial charge in [-0.15, -0.1) is 19.0 Å². The number of ether oxygens (including phenoxy) is 2. The number of aromatic hydroxyl groups is 1. The summed E-state index contributed by atoms with van der Waals surface area (Å²) >= 11 is 0. The van der Waals surface area contributed by atoms with Crippen molar-refractivity contribution in [2.45, 2.75) is 19.4 Å². The number of methoxy groups -OCH3 is 2. The van der Waals surface area contributed by atoms with Crippen LogP contribution in [-0.4, -0.2) is 19.3 Å². The molecule has 102 valence electrons. The van der Waals surface area contributed by atoms with E-state index in [1.807, 2.05) is 6.92 Å². The lowest BCUT2D eigenvalue weighted by Crippen LogP contribution is -2.13. The first-order valence-electron chi connectivity index (χ1n) is 5.34. The van der Waals surface area contributed by atoms with Crippen molar-refractivity contribution in [1.29, 1.82) is 0 Å². The lowest BCUT2D eigenvalue weighted by molar-refractivity contribution is 0.370. The number of halogens is 1. The van der Waals surface area contributed by atoms with Gasteiger partial charge in [0, 0.05) is 18.2 Å². The van der Waals surface area contributed by atoms with Crippen molar-refractivity contribution in [3.63, 3.8) is 0 Å². The summed E-state index contributed by atoms with van der Waals surface area (Å²) in [5, 5.41) is 9.53. The molecule has 5 heteroatoms. The van der Waals surface area contributed by atoms with Crippen LogP contribution >= 0.6 is 12.4 Å². The Balaban J connectivity index is 0.00000289. The Labute approximate surface area is 114 Å². The Morgan fingerprint density at radius 3 is 2.11 bits per heavy atom. The standard InChI is InChI=1S/C13H19NO3.ClH/c1-8(2)5-10(14)13-11(16-3)6-9(15)7-12(13)17-4;/h6-7,10,15H,1,5,14H2,2-4H3;1H/t10-;/m1./s1. The highest BCUT2D eigenvalue weighted by Crippen LogP contribution is 2.38. The van der Waals surface area contributed by atoms with E-state index in [0.29, 0.717) is 17.9 Å². The predicted molar refractivity (Wildman–Crippen MR) is 74.8 cm³/mol. The Morgan fingerprint density at radius 1 is 1.33 bits per heavy atom. The highest BCUT2D eigenvalue weighted by Gasteiger charge is 2.19. The molecule has 3 N–H and O–H groups in total. The van der Waals surface area contributed by atoms with Gasteiger partial charge in [0.25, 0.3) is 0 Å². The van der Waals surface area contributed by atoms with Crippen LogP contribution in [0, 0.1) is 0 Å². The molecule has 0 heterocycles. The van der Waals surface area contributed by atoms with Crippen molar-refractivity contribution in [2.24, 2.45) is 5.73 Å². The van der Waals surface area contributed by atoms with Gasteiger partial charge in [0.15, 0.2) is 0 Å². The molecule has 1 atom stereocenters. The van der Waals surface area contributed by atoms with Crippen LogP contribution in [0.3, 0.4) is 0 Å². The zero-order valence-electron chi connectivity index (χ0n) is 10.9. The van der Waals surface area contributed by atoms with Crippen molar-refractivity contribution in [3.8, 4) is 17.2 Å². The van der Waals surface area contributed by atoms with Crippen LogP contribution in [0.4, 0.5) is 0 Å². The molecule has 18 heavy (non-hydrogen) atoms. The lowest BCUT2D eigenvalue weighted by atomic mass is 9.99. The fraction of sp³-hybridized carbons (Fsp3) is 0.385. The number of hydrogen-bond donors (Lipinski definition) is 2. The smallest absolute Gasteiger partial charge is 0.131 e. The monoisotopic (exact) mass is 273 g/mol. The molecule has 0 saturated carbocycles. The van der Waals surface area contributed by atoms with Gasteiger partial charge in [0.1, 0.15) is 17.2 Å². The number of hydrogen-bond acceptors (Lipinski definition) is 4. The van der Waals surface area contributed by atoms with Crippen LogP contribution in [0.15, 0.2) is 24.3 Å². The van der Waals surface area contributed by atoms with Gasteiger partial charge in [0.05, 0.1) is 19.8 Å². The first kappa shape index (κ1) is 16.6. The summed E-state index contributed by atoms with van der Waals surface area (Å²) in [5.74, 6) is 1.14. The molecule has 0 spiro atoms. The highest BCUT2D eigenvalue weighted by molar-refractivity contribution is 5.85. The topological polar surface area (TPSA) is 64.7 Å². The van der Waals surface area contributed by atoms with E-state index in [4.69, 9.17) is 15.2 Å². The third-order valence-corrected chi connectivity index (χ3v) is 2.47. The number of rotatable bonds is 5. The summed E-state index contributed by atoms with van der Waals surface area (Å²) in [5.41, 5.74) is 7.82. The SMILES string of the molecule is C=C(C)C[C@@H](N)c1c(OC)cc(O)cc1OC.Cl. The average molecular weight is 274 g/mol. The minimum absolute atomic E-state index is 0. The molecule has 1 aromatic carbocycles. The molecular weight excluding hydrogens is 254 g/mol. The van der Waals surface area contributed by atoms with E-state index < -0.39 is 0 Å². The normalized spacial score (nSPS) is 11.3. The van der Waals surface area contributed by atoms with Crippen LogP contribution in [0.1, 0.15) is 24.9 Å². The molecule has 0 fully saturated rings. The number of phenolic OH excluding ortho intramolecular Hbond substituents is 1. The molecule has 0 aromatic heterocycles. The largest absolute Gasteiger partial charge is 0.508 e. The van der Waals surface area contributed by atoms with Crippen LogP contribution in [0.2, 0.25) is 0 Å². The second-order valence-electron chi connectivity index (χ2n) is 4.03. The molecule has 0 bridgehead atoms. The number of phenols is 1. The first-order chi connectivity index (χ1) is 7.99.